The van der Waals surface area contributed by atoms with Crippen molar-refractivity contribution in [2.45, 2.75) is 45.1 Å². The molecule has 6 heteroatoms. The van der Waals surface area contributed by atoms with Gasteiger partial charge in [-0.15, -0.1) is 0 Å². The summed E-state index contributed by atoms with van der Waals surface area (Å²) in [6, 6.07) is 49.5. The molecule has 0 aromatic heterocycles. The summed E-state index contributed by atoms with van der Waals surface area (Å²) >= 11 is 0. The molecule has 0 saturated carbocycles. The van der Waals surface area contributed by atoms with Gasteiger partial charge in [-0.25, -0.2) is 0 Å². The third-order valence-corrected chi connectivity index (χ3v) is 8.42. The highest BCUT2D eigenvalue weighted by molar-refractivity contribution is 5.56. The summed E-state index contributed by atoms with van der Waals surface area (Å²) in [6.07, 6.45) is -1.18. The van der Waals surface area contributed by atoms with Crippen LogP contribution < -0.4 is 23.7 Å². The van der Waals surface area contributed by atoms with Crippen molar-refractivity contribution < 1.29 is 28.8 Å². The van der Waals surface area contributed by atoms with E-state index in [1.54, 1.807) is 0 Å². The number of aliphatic hydroxyl groups is 1. The minimum atomic E-state index is -0.853. The second kappa shape index (κ2) is 15.5. The number of fused-ring (bicyclic) bond motifs is 1. The first-order valence-corrected chi connectivity index (χ1v) is 16.5. The summed E-state index contributed by atoms with van der Waals surface area (Å²) in [4.78, 5) is 0. The van der Waals surface area contributed by atoms with Crippen molar-refractivity contribution >= 4 is 0 Å². The van der Waals surface area contributed by atoms with E-state index in [0.29, 0.717) is 67.2 Å². The molecule has 1 aliphatic rings. The third-order valence-electron chi connectivity index (χ3n) is 8.42. The van der Waals surface area contributed by atoms with E-state index < -0.39 is 12.2 Å². The molecule has 0 aliphatic carbocycles. The molecule has 2 atom stereocenters. The van der Waals surface area contributed by atoms with E-state index in [-0.39, 0.29) is 0 Å². The average Bonchev–Trinajstić information content (AvgIpc) is 3.16. The van der Waals surface area contributed by atoms with Gasteiger partial charge in [0, 0.05) is 17.5 Å². The molecule has 0 saturated heterocycles. The lowest BCUT2D eigenvalue weighted by molar-refractivity contribution is 0.0193. The van der Waals surface area contributed by atoms with Crippen molar-refractivity contribution in [3.05, 3.63) is 185 Å². The summed E-state index contributed by atoms with van der Waals surface area (Å²) in [6.45, 7) is 1.39. The van der Waals surface area contributed by atoms with Crippen molar-refractivity contribution in [1.82, 2.24) is 0 Å². The first-order valence-electron chi connectivity index (χ1n) is 16.5. The second-order valence-corrected chi connectivity index (χ2v) is 12.0. The highest BCUT2D eigenvalue weighted by Gasteiger charge is 2.33. The monoisotopic (exact) mass is 650 g/mol. The molecule has 0 radical (unpaired) electrons. The number of ether oxygens (including phenoxy) is 5. The lowest BCUT2D eigenvalue weighted by Gasteiger charge is -2.32. The van der Waals surface area contributed by atoms with Gasteiger partial charge in [-0.05, 0) is 46.5 Å². The van der Waals surface area contributed by atoms with Gasteiger partial charge in [0.05, 0.1) is 6.10 Å². The molecule has 246 valence electrons. The van der Waals surface area contributed by atoms with Crippen molar-refractivity contribution in [3.63, 3.8) is 0 Å². The summed E-state index contributed by atoms with van der Waals surface area (Å²) in [7, 11) is 0. The van der Waals surface area contributed by atoms with E-state index in [1.165, 1.54) is 0 Å². The fraction of sp³-hybridized carbons (Fsp3) is 0.163. The Morgan fingerprint density at radius 1 is 0.490 bits per heavy atom. The standard InChI is InChI=1S/C43H38O6/c44-37-26-36-38(45-27-31-14-5-1-6-15-31)22-13-23-39(36)49-42(37)35-24-40(46-28-32-16-7-2-8-17-32)43(48-30-34-20-11-4-12-21-34)41(25-35)47-29-33-18-9-3-10-19-33/h1-25,37,42,44H,26-30H2/t37-,42+/m1/s1. The van der Waals surface area contributed by atoms with Crippen LogP contribution in [0.25, 0.3) is 0 Å². The lowest BCUT2D eigenvalue weighted by Crippen LogP contribution is -2.30. The normalized spacial score (nSPS) is 15.0. The van der Waals surface area contributed by atoms with E-state index in [0.717, 1.165) is 27.8 Å². The molecule has 1 heterocycles. The largest absolute Gasteiger partial charge is 0.488 e. The molecular weight excluding hydrogens is 612 g/mol. The van der Waals surface area contributed by atoms with Crippen LogP contribution in [0.15, 0.2) is 152 Å². The quantitative estimate of drug-likeness (QED) is 0.135. The third kappa shape index (κ3) is 8.06. The Morgan fingerprint density at radius 2 is 0.918 bits per heavy atom. The molecule has 49 heavy (non-hydrogen) atoms. The van der Waals surface area contributed by atoms with Gasteiger partial charge >= 0.3 is 0 Å². The van der Waals surface area contributed by atoms with Crippen molar-refractivity contribution in [2.75, 3.05) is 0 Å². The maximum Gasteiger partial charge on any atom is 0.203 e. The Kier molecular flexibility index (Phi) is 10.0. The van der Waals surface area contributed by atoms with Crippen LogP contribution in [0.4, 0.5) is 0 Å². The van der Waals surface area contributed by atoms with Crippen LogP contribution in [0, 0.1) is 0 Å². The smallest absolute Gasteiger partial charge is 0.203 e. The van der Waals surface area contributed by atoms with Gasteiger partial charge < -0.3 is 28.8 Å². The summed E-state index contributed by atoms with van der Waals surface area (Å²) in [5.74, 6) is 2.86. The first kappa shape index (κ1) is 31.9. The molecule has 0 unspecified atom stereocenters. The van der Waals surface area contributed by atoms with Crippen molar-refractivity contribution in [1.29, 1.82) is 0 Å². The SMILES string of the molecule is O[C@@H]1Cc2c(OCc3ccccc3)cccc2O[C@H]1c1cc(OCc2ccccc2)c(OCc2ccccc2)c(OCc2ccccc2)c1. The Bertz CT molecular complexity index is 1870. The average molecular weight is 651 g/mol. The van der Waals surface area contributed by atoms with E-state index >= 15 is 0 Å². The predicted octanol–water partition coefficient (Wildman–Crippen LogP) is 9.04. The lowest BCUT2D eigenvalue weighted by atomic mass is 9.93. The Balaban J connectivity index is 1.22. The van der Waals surface area contributed by atoms with Crippen LogP contribution in [-0.2, 0) is 32.8 Å². The predicted molar refractivity (Wildman–Crippen MR) is 189 cm³/mol. The number of hydrogen-bond donors (Lipinski definition) is 1. The number of aliphatic hydroxyl groups excluding tert-OH is 1. The zero-order chi connectivity index (χ0) is 33.3. The molecule has 6 aromatic rings. The molecule has 0 spiro atoms. The molecule has 7 rings (SSSR count). The van der Waals surface area contributed by atoms with Gasteiger partial charge in [-0.3, -0.25) is 0 Å². The van der Waals surface area contributed by atoms with E-state index in [9.17, 15) is 5.11 Å². The second-order valence-electron chi connectivity index (χ2n) is 12.0. The Morgan fingerprint density at radius 3 is 1.39 bits per heavy atom. The number of hydrogen-bond acceptors (Lipinski definition) is 6. The molecule has 0 amide bonds. The topological polar surface area (TPSA) is 66.4 Å². The van der Waals surface area contributed by atoms with Crippen LogP contribution in [0.1, 0.15) is 39.5 Å². The zero-order valence-electron chi connectivity index (χ0n) is 27.1. The Labute approximate surface area is 287 Å². The molecule has 1 N–H and O–H groups in total. The maximum absolute atomic E-state index is 11.6. The van der Waals surface area contributed by atoms with Gasteiger partial charge in [-0.1, -0.05) is 127 Å². The van der Waals surface area contributed by atoms with Crippen LogP contribution in [0.5, 0.6) is 28.7 Å². The van der Waals surface area contributed by atoms with Gasteiger partial charge in [0.2, 0.25) is 5.75 Å². The van der Waals surface area contributed by atoms with Crippen LogP contribution in [0.3, 0.4) is 0 Å². The molecule has 0 bridgehead atoms. The van der Waals surface area contributed by atoms with E-state index in [4.69, 9.17) is 23.7 Å². The fourth-order valence-electron chi connectivity index (χ4n) is 5.87. The van der Waals surface area contributed by atoms with Crippen molar-refractivity contribution in [3.8, 4) is 28.7 Å². The first-order chi connectivity index (χ1) is 24.2. The number of benzene rings is 6. The summed E-state index contributed by atoms with van der Waals surface area (Å²) in [5.41, 5.74) is 5.66. The Hall–Kier alpha value is -5.72. The molecule has 1 aliphatic heterocycles. The zero-order valence-corrected chi connectivity index (χ0v) is 27.1. The maximum atomic E-state index is 11.6. The van der Waals surface area contributed by atoms with Gasteiger partial charge in [0.1, 0.15) is 37.9 Å². The van der Waals surface area contributed by atoms with Gasteiger partial charge in [0.25, 0.3) is 0 Å². The highest BCUT2D eigenvalue weighted by atomic mass is 16.5. The molecular formula is C43H38O6. The van der Waals surface area contributed by atoms with E-state index in [2.05, 4.69) is 0 Å². The van der Waals surface area contributed by atoms with E-state index in [1.807, 2.05) is 152 Å². The van der Waals surface area contributed by atoms with Crippen molar-refractivity contribution in [2.24, 2.45) is 0 Å². The van der Waals surface area contributed by atoms with Crippen LogP contribution >= 0.6 is 0 Å². The van der Waals surface area contributed by atoms with Gasteiger partial charge in [0.15, 0.2) is 17.6 Å². The minimum absolute atomic E-state index is 0.323. The van der Waals surface area contributed by atoms with Crippen LogP contribution in [-0.4, -0.2) is 11.2 Å². The summed E-state index contributed by atoms with van der Waals surface area (Å²) in [5, 5.41) is 11.6. The molecule has 6 aromatic carbocycles. The summed E-state index contributed by atoms with van der Waals surface area (Å²) < 4.78 is 32.2. The molecule has 0 fully saturated rings. The van der Waals surface area contributed by atoms with Crippen LogP contribution in [0.2, 0.25) is 0 Å². The fourth-order valence-corrected chi connectivity index (χ4v) is 5.87. The van der Waals surface area contributed by atoms with Gasteiger partial charge in [-0.2, -0.15) is 0 Å². The highest BCUT2D eigenvalue weighted by Crippen LogP contribution is 2.46. The molecule has 6 nitrogen and oxygen atoms in total. The minimum Gasteiger partial charge on any atom is -0.488 e. The number of rotatable bonds is 13.